The summed E-state index contributed by atoms with van der Waals surface area (Å²) in [4.78, 5) is 11.7. The molecule has 0 aromatic heterocycles. The zero-order chi connectivity index (χ0) is 16.4. The number of nitriles is 1. The standard InChI is InChI=1S/C17H22N2O3/c1-4-21-15-8-6-14(12-16(15)22-5-2)7-9-17(20)19-13(3)10-11-18/h6-9,12-13H,4-5,10H2,1-3H3,(H,19,20)/b9-7+/t13-/m0/s1. The molecule has 1 N–H and O–H groups in total. The molecule has 0 unspecified atom stereocenters. The Morgan fingerprint density at radius 3 is 2.64 bits per heavy atom. The summed E-state index contributed by atoms with van der Waals surface area (Å²) in [5.74, 6) is 1.12. The van der Waals surface area contributed by atoms with E-state index < -0.39 is 0 Å². The summed E-state index contributed by atoms with van der Waals surface area (Å²) in [6, 6.07) is 7.36. The van der Waals surface area contributed by atoms with Crippen LogP contribution in [-0.2, 0) is 4.79 Å². The first-order chi connectivity index (χ1) is 10.6. The summed E-state index contributed by atoms with van der Waals surface area (Å²) < 4.78 is 11.0. The second-order valence-electron chi connectivity index (χ2n) is 4.68. The van der Waals surface area contributed by atoms with Crippen LogP contribution in [0, 0.1) is 11.3 Å². The van der Waals surface area contributed by atoms with Gasteiger partial charge in [-0.15, -0.1) is 0 Å². The zero-order valence-electron chi connectivity index (χ0n) is 13.3. The van der Waals surface area contributed by atoms with Crippen LogP contribution in [0.3, 0.4) is 0 Å². The van der Waals surface area contributed by atoms with E-state index >= 15 is 0 Å². The van der Waals surface area contributed by atoms with E-state index in [1.165, 1.54) is 6.08 Å². The van der Waals surface area contributed by atoms with E-state index in [0.717, 1.165) is 5.56 Å². The summed E-state index contributed by atoms with van der Waals surface area (Å²) in [6.45, 7) is 6.71. The molecule has 1 amide bonds. The quantitative estimate of drug-likeness (QED) is 0.749. The number of hydrogen-bond acceptors (Lipinski definition) is 4. The van der Waals surface area contributed by atoms with Gasteiger partial charge in [0.15, 0.2) is 11.5 Å². The van der Waals surface area contributed by atoms with Gasteiger partial charge in [-0.05, 0) is 44.5 Å². The highest BCUT2D eigenvalue weighted by atomic mass is 16.5. The summed E-state index contributed by atoms with van der Waals surface area (Å²) in [5.41, 5.74) is 0.843. The van der Waals surface area contributed by atoms with Crippen molar-refractivity contribution in [3.05, 3.63) is 29.8 Å². The van der Waals surface area contributed by atoms with E-state index in [1.54, 1.807) is 13.0 Å². The van der Waals surface area contributed by atoms with Gasteiger partial charge in [-0.2, -0.15) is 5.26 Å². The molecule has 0 aliphatic rings. The number of benzene rings is 1. The molecular formula is C17H22N2O3. The lowest BCUT2D eigenvalue weighted by Gasteiger charge is -2.11. The van der Waals surface area contributed by atoms with Crippen LogP contribution < -0.4 is 14.8 Å². The van der Waals surface area contributed by atoms with Gasteiger partial charge in [0, 0.05) is 12.1 Å². The van der Waals surface area contributed by atoms with Crippen molar-refractivity contribution in [1.82, 2.24) is 5.32 Å². The van der Waals surface area contributed by atoms with Crippen molar-refractivity contribution in [2.24, 2.45) is 0 Å². The van der Waals surface area contributed by atoms with Crippen LogP contribution in [0.5, 0.6) is 11.5 Å². The molecule has 0 fully saturated rings. The third-order valence-corrected chi connectivity index (χ3v) is 2.78. The Kier molecular flexibility index (Phi) is 7.55. The number of ether oxygens (including phenoxy) is 2. The van der Waals surface area contributed by atoms with Gasteiger partial charge in [-0.25, -0.2) is 0 Å². The second kappa shape index (κ2) is 9.46. The van der Waals surface area contributed by atoms with Crippen LogP contribution >= 0.6 is 0 Å². The fraction of sp³-hybridized carbons (Fsp3) is 0.412. The summed E-state index contributed by atoms with van der Waals surface area (Å²) in [6.07, 6.45) is 3.43. The number of amides is 1. The van der Waals surface area contributed by atoms with Gasteiger partial charge in [0.2, 0.25) is 5.91 Å². The Balaban J connectivity index is 2.76. The fourth-order valence-corrected chi connectivity index (χ4v) is 1.82. The van der Waals surface area contributed by atoms with E-state index in [2.05, 4.69) is 5.32 Å². The first kappa shape index (κ1) is 17.6. The van der Waals surface area contributed by atoms with Crippen molar-refractivity contribution < 1.29 is 14.3 Å². The molecule has 1 aromatic rings. The molecule has 0 radical (unpaired) electrons. The van der Waals surface area contributed by atoms with Crippen molar-refractivity contribution in [1.29, 1.82) is 5.26 Å². The molecule has 0 saturated carbocycles. The van der Waals surface area contributed by atoms with E-state index in [0.29, 0.717) is 24.7 Å². The van der Waals surface area contributed by atoms with Crippen LogP contribution in [0.25, 0.3) is 6.08 Å². The van der Waals surface area contributed by atoms with Crippen molar-refractivity contribution in [2.45, 2.75) is 33.2 Å². The largest absolute Gasteiger partial charge is 0.490 e. The molecule has 0 saturated heterocycles. The lowest BCUT2D eigenvalue weighted by Crippen LogP contribution is -2.30. The topological polar surface area (TPSA) is 71.3 Å². The van der Waals surface area contributed by atoms with Gasteiger partial charge < -0.3 is 14.8 Å². The monoisotopic (exact) mass is 302 g/mol. The minimum absolute atomic E-state index is 0.165. The Bertz CT molecular complexity index is 562. The van der Waals surface area contributed by atoms with Gasteiger partial charge in [0.25, 0.3) is 0 Å². The van der Waals surface area contributed by atoms with Crippen LogP contribution in [0.2, 0.25) is 0 Å². The highest BCUT2D eigenvalue weighted by Crippen LogP contribution is 2.28. The minimum Gasteiger partial charge on any atom is -0.490 e. The third kappa shape index (κ3) is 5.88. The van der Waals surface area contributed by atoms with Gasteiger partial charge in [0.1, 0.15) is 0 Å². The number of carbonyl (C=O) groups is 1. The third-order valence-electron chi connectivity index (χ3n) is 2.78. The van der Waals surface area contributed by atoms with Crippen molar-refractivity contribution in [3.63, 3.8) is 0 Å². The number of hydrogen-bond donors (Lipinski definition) is 1. The molecule has 0 aliphatic carbocycles. The lowest BCUT2D eigenvalue weighted by atomic mass is 10.2. The minimum atomic E-state index is -0.227. The molecule has 5 heteroatoms. The number of nitrogens with zero attached hydrogens (tertiary/aromatic N) is 1. The molecule has 1 rings (SSSR count). The summed E-state index contributed by atoms with van der Waals surface area (Å²) in [5, 5.41) is 11.3. The number of rotatable bonds is 8. The predicted molar refractivity (Wildman–Crippen MR) is 85.6 cm³/mol. The molecule has 1 aromatic carbocycles. The van der Waals surface area contributed by atoms with Gasteiger partial charge >= 0.3 is 0 Å². The molecule has 118 valence electrons. The predicted octanol–water partition coefficient (Wildman–Crippen LogP) is 2.92. The summed E-state index contributed by atoms with van der Waals surface area (Å²) in [7, 11) is 0. The number of nitrogens with one attached hydrogen (secondary N) is 1. The molecule has 5 nitrogen and oxygen atoms in total. The molecule has 0 bridgehead atoms. The average molecular weight is 302 g/mol. The van der Waals surface area contributed by atoms with E-state index in [4.69, 9.17) is 14.7 Å². The van der Waals surface area contributed by atoms with Gasteiger partial charge in [-0.1, -0.05) is 6.07 Å². The Hall–Kier alpha value is -2.48. The maximum atomic E-state index is 11.7. The average Bonchev–Trinajstić information content (AvgIpc) is 2.48. The Morgan fingerprint density at radius 2 is 2.00 bits per heavy atom. The second-order valence-corrected chi connectivity index (χ2v) is 4.68. The Labute approximate surface area is 131 Å². The normalized spacial score (nSPS) is 11.7. The van der Waals surface area contributed by atoms with E-state index in [9.17, 15) is 4.79 Å². The zero-order valence-corrected chi connectivity index (χ0v) is 13.3. The maximum absolute atomic E-state index is 11.7. The van der Waals surface area contributed by atoms with Crippen LogP contribution in [0.1, 0.15) is 32.8 Å². The van der Waals surface area contributed by atoms with Crippen LogP contribution in [0.4, 0.5) is 0 Å². The van der Waals surface area contributed by atoms with Crippen molar-refractivity contribution >= 4 is 12.0 Å². The van der Waals surface area contributed by atoms with E-state index in [-0.39, 0.29) is 18.4 Å². The first-order valence-electron chi connectivity index (χ1n) is 7.35. The summed E-state index contributed by atoms with van der Waals surface area (Å²) >= 11 is 0. The van der Waals surface area contributed by atoms with Gasteiger partial charge in [0.05, 0.1) is 25.7 Å². The highest BCUT2D eigenvalue weighted by molar-refractivity contribution is 5.92. The molecule has 22 heavy (non-hydrogen) atoms. The maximum Gasteiger partial charge on any atom is 0.244 e. The molecule has 0 spiro atoms. The first-order valence-corrected chi connectivity index (χ1v) is 7.35. The number of carbonyl (C=O) groups excluding carboxylic acids is 1. The fourth-order valence-electron chi connectivity index (χ4n) is 1.82. The van der Waals surface area contributed by atoms with Crippen molar-refractivity contribution in [2.75, 3.05) is 13.2 Å². The SMILES string of the molecule is CCOc1ccc(/C=C/C(=O)N[C@@H](C)CC#N)cc1OCC. The van der Waals surface area contributed by atoms with Gasteiger partial charge in [-0.3, -0.25) is 4.79 Å². The lowest BCUT2D eigenvalue weighted by molar-refractivity contribution is -0.116. The molecule has 1 atom stereocenters. The molecule has 0 heterocycles. The van der Waals surface area contributed by atoms with Crippen LogP contribution in [-0.4, -0.2) is 25.2 Å². The molecular weight excluding hydrogens is 280 g/mol. The highest BCUT2D eigenvalue weighted by Gasteiger charge is 2.06. The van der Waals surface area contributed by atoms with E-state index in [1.807, 2.05) is 38.1 Å². The van der Waals surface area contributed by atoms with Crippen molar-refractivity contribution in [3.8, 4) is 17.6 Å². The molecule has 0 aliphatic heterocycles. The smallest absolute Gasteiger partial charge is 0.244 e. The van der Waals surface area contributed by atoms with Crippen LogP contribution in [0.15, 0.2) is 24.3 Å². The Morgan fingerprint density at radius 1 is 1.32 bits per heavy atom.